The molecule has 0 aromatic carbocycles. The van der Waals surface area contributed by atoms with Crippen molar-refractivity contribution in [3.05, 3.63) is 12.2 Å². The molecule has 0 aliphatic rings. The second kappa shape index (κ2) is 7.42. The summed E-state index contributed by atoms with van der Waals surface area (Å²) in [5, 5.41) is 0. The van der Waals surface area contributed by atoms with Crippen LogP contribution in [0.5, 0.6) is 0 Å². The Bertz CT molecular complexity index is 211. The van der Waals surface area contributed by atoms with Crippen molar-refractivity contribution in [3.8, 4) is 12.3 Å². The van der Waals surface area contributed by atoms with Gasteiger partial charge >= 0.3 is 5.97 Å². The summed E-state index contributed by atoms with van der Waals surface area (Å²) in [5.74, 6) is 2.73. The van der Waals surface area contributed by atoms with Crippen LogP contribution in [0.25, 0.3) is 0 Å². The van der Waals surface area contributed by atoms with Gasteiger partial charge in [0.25, 0.3) is 0 Å². The molecular formula is C11H16O2. The Morgan fingerprint density at radius 3 is 2.92 bits per heavy atom. The molecule has 0 aromatic heterocycles. The van der Waals surface area contributed by atoms with E-state index in [1.165, 1.54) is 6.08 Å². The third kappa shape index (κ3) is 7.14. The molecule has 0 saturated heterocycles. The minimum Gasteiger partial charge on any atom is -0.463 e. The van der Waals surface area contributed by atoms with Crippen molar-refractivity contribution in [2.75, 3.05) is 6.61 Å². The summed E-state index contributed by atoms with van der Waals surface area (Å²) in [7, 11) is 0. The molecule has 0 aromatic rings. The van der Waals surface area contributed by atoms with Crippen LogP contribution in [0.3, 0.4) is 0 Å². The number of terminal acetylenes is 1. The Hall–Kier alpha value is -1.23. The molecule has 0 spiro atoms. The molecule has 0 N–H and O–H groups in total. The Morgan fingerprint density at radius 1 is 1.69 bits per heavy atom. The lowest BCUT2D eigenvalue weighted by Gasteiger charge is -2.01. The minimum absolute atomic E-state index is 0.282. The number of allylic oxidation sites excluding steroid dienone is 1. The van der Waals surface area contributed by atoms with Crippen LogP contribution in [0, 0.1) is 18.3 Å². The third-order valence-corrected chi connectivity index (χ3v) is 1.55. The van der Waals surface area contributed by atoms with Crippen molar-refractivity contribution in [2.45, 2.75) is 26.7 Å². The van der Waals surface area contributed by atoms with Gasteiger partial charge in [0.2, 0.25) is 0 Å². The average molecular weight is 180 g/mol. The van der Waals surface area contributed by atoms with Crippen LogP contribution >= 0.6 is 0 Å². The summed E-state index contributed by atoms with van der Waals surface area (Å²) >= 11 is 0. The molecule has 1 unspecified atom stereocenters. The average Bonchev–Trinajstić information content (AvgIpc) is 2.05. The van der Waals surface area contributed by atoms with Gasteiger partial charge in [-0.1, -0.05) is 13.0 Å². The molecule has 0 saturated carbocycles. The summed E-state index contributed by atoms with van der Waals surface area (Å²) in [6.45, 7) is 4.26. The first-order valence-electron chi connectivity index (χ1n) is 4.47. The van der Waals surface area contributed by atoms with E-state index in [0.29, 0.717) is 12.5 Å². The standard InChI is InChI=1S/C11H16O2/c1-4-7-10(3)8-6-9-11(12)13-5-2/h1,6,9-10H,5,7-8H2,2-3H3/b9-6+. The van der Waals surface area contributed by atoms with Gasteiger partial charge in [-0.25, -0.2) is 4.79 Å². The fourth-order valence-electron chi connectivity index (χ4n) is 0.871. The monoisotopic (exact) mass is 180 g/mol. The van der Waals surface area contributed by atoms with E-state index < -0.39 is 0 Å². The third-order valence-electron chi connectivity index (χ3n) is 1.55. The van der Waals surface area contributed by atoms with E-state index in [0.717, 1.165) is 12.8 Å². The van der Waals surface area contributed by atoms with E-state index in [1.54, 1.807) is 13.0 Å². The fourth-order valence-corrected chi connectivity index (χ4v) is 0.871. The fraction of sp³-hybridized carbons (Fsp3) is 0.545. The predicted octanol–water partition coefficient (Wildman–Crippen LogP) is 2.16. The van der Waals surface area contributed by atoms with Crippen molar-refractivity contribution in [1.29, 1.82) is 0 Å². The molecule has 1 atom stereocenters. The SMILES string of the molecule is C#CCC(C)C/C=C/C(=O)OCC. The lowest BCUT2D eigenvalue weighted by atomic mass is 10.0. The lowest BCUT2D eigenvalue weighted by Crippen LogP contribution is -1.99. The molecule has 72 valence electrons. The first kappa shape index (κ1) is 11.8. The van der Waals surface area contributed by atoms with Crippen molar-refractivity contribution >= 4 is 5.97 Å². The van der Waals surface area contributed by atoms with Gasteiger partial charge in [-0.15, -0.1) is 12.3 Å². The molecule has 0 heterocycles. The Morgan fingerprint density at radius 2 is 2.38 bits per heavy atom. The smallest absolute Gasteiger partial charge is 0.330 e. The number of carbonyl (C=O) groups is 1. The van der Waals surface area contributed by atoms with E-state index in [1.807, 2.05) is 0 Å². The van der Waals surface area contributed by atoms with Gasteiger partial charge in [0.15, 0.2) is 0 Å². The van der Waals surface area contributed by atoms with Gasteiger partial charge in [-0.05, 0) is 19.3 Å². The normalized spacial score (nSPS) is 12.4. The summed E-state index contributed by atoms with van der Waals surface area (Å²) < 4.78 is 4.72. The van der Waals surface area contributed by atoms with E-state index in [9.17, 15) is 4.79 Å². The quantitative estimate of drug-likeness (QED) is 0.368. The van der Waals surface area contributed by atoms with Gasteiger partial charge in [0.1, 0.15) is 0 Å². The van der Waals surface area contributed by atoms with Crippen molar-refractivity contribution in [3.63, 3.8) is 0 Å². The first-order valence-corrected chi connectivity index (χ1v) is 4.47. The zero-order valence-corrected chi connectivity index (χ0v) is 8.25. The van der Waals surface area contributed by atoms with E-state index in [2.05, 4.69) is 12.8 Å². The molecule has 0 radical (unpaired) electrons. The van der Waals surface area contributed by atoms with Crippen LogP contribution in [0.15, 0.2) is 12.2 Å². The van der Waals surface area contributed by atoms with Gasteiger partial charge in [-0.2, -0.15) is 0 Å². The number of carbonyl (C=O) groups excluding carboxylic acids is 1. The molecule has 2 nitrogen and oxygen atoms in total. The van der Waals surface area contributed by atoms with Crippen LogP contribution in [0.1, 0.15) is 26.7 Å². The highest BCUT2D eigenvalue weighted by Gasteiger charge is 1.97. The summed E-state index contributed by atoms with van der Waals surface area (Å²) in [6.07, 6.45) is 9.97. The molecule has 13 heavy (non-hydrogen) atoms. The summed E-state index contributed by atoms with van der Waals surface area (Å²) in [6, 6.07) is 0. The highest BCUT2D eigenvalue weighted by molar-refractivity contribution is 5.81. The van der Waals surface area contributed by atoms with Crippen molar-refractivity contribution in [2.24, 2.45) is 5.92 Å². The maximum atomic E-state index is 10.8. The van der Waals surface area contributed by atoms with Crippen LogP contribution < -0.4 is 0 Å². The maximum absolute atomic E-state index is 10.8. The van der Waals surface area contributed by atoms with Crippen LogP contribution in [-0.4, -0.2) is 12.6 Å². The predicted molar refractivity (Wildman–Crippen MR) is 53.0 cm³/mol. The van der Waals surface area contributed by atoms with Crippen LogP contribution in [0.4, 0.5) is 0 Å². The molecular weight excluding hydrogens is 164 g/mol. The van der Waals surface area contributed by atoms with Crippen molar-refractivity contribution in [1.82, 2.24) is 0 Å². The molecule has 0 aliphatic heterocycles. The summed E-state index contributed by atoms with van der Waals surface area (Å²) in [5.41, 5.74) is 0. The topological polar surface area (TPSA) is 26.3 Å². The van der Waals surface area contributed by atoms with Crippen LogP contribution in [0.2, 0.25) is 0 Å². The first-order chi connectivity index (χ1) is 6.20. The second-order valence-electron chi connectivity index (χ2n) is 2.90. The molecule has 0 aliphatic carbocycles. The van der Waals surface area contributed by atoms with Gasteiger partial charge in [0.05, 0.1) is 6.61 Å². The molecule has 0 fully saturated rings. The maximum Gasteiger partial charge on any atom is 0.330 e. The highest BCUT2D eigenvalue weighted by Crippen LogP contribution is 2.06. The van der Waals surface area contributed by atoms with E-state index >= 15 is 0 Å². The zero-order valence-electron chi connectivity index (χ0n) is 8.25. The number of rotatable bonds is 5. The van der Waals surface area contributed by atoms with Gasteiger partial charge < -0.3 is 4.74 Å². The Labute approximate surface area is 80.0 Å². The Balaban J connectivity index is 3.62. The van der Waals surface area contributed by atoms with Crippen molar-refractivity contribution < 1.29 is 9.53 Å². The van der Waals surface area contributed by atoms with Gasteiger partial charge in [0, 0.05) is 12.5 Å². The molecule has 0 amide bonds. The lowest BCUT2D eigenvalue weighted by molar-refractivity contribution is -0.137. The van der Waals surface area contributed by atoms with Crippen LogP contribution in [-0.2, 0) is 9.53 Å². The molecule has 0 rings (SSSR count). The van der Waals surface area contributed by atoms with E-state index in [4.69, 9.17) is 11.2 Å². The number of esters is 1. The summed E-state index contributed by atoms with van der Waals surface area (Å²) in [4.78, 5) is 10.8. The van der Waals surface area contributed by atoms with Gasteiger partial charge in [-0.3, -0.25) is 0 Å². The number of ether oxygens (including phenoxy) is 1. The number of hydrogen-bond acceptors (Lipinski definition) is 2. The zero-order chi connectivity index (χ0) is 10.1. The minimum atomic E-state index is -0.282. The Kier molecular flexibility index (Phi) is 6.72. The highest BCUT2D eigenvalue weighted by atomic mass is 16.5. The second-order valence-corrected chi connectivity index (χ2v) is 2.90. The largest absolute Gasteiger partial charge is 0.463 e. The molecule has 0 bridgehead atoms. The number of hydrogen-bond donors (Lipinski definition) is 0. The molecule has 2 heteroatoms. The van der Waals surface area contributed by atoms with E-state index in [-0.39, 0.29) is 5.97 Å².